The number of nitrogens with zero attached hydrogens (tertiary/aromatic N) is 3. The first-order chi connectivity index (χ1) is 10.2. The maximum atomic E-state index is 13.7. The molecule has 3 rings (SSSR count). The molecule has 102 valence electrons. The average Bonchev–Trinajstić information content (AvgIpc) is 2.93. The standard InChI is InChI=1S/C15H9FN4O/c16-11-5-4-10(8-17)7-12(11)19-15(21)13-9-18-14-3-1-2-6-20(13)14/h1-7,9H,(H,19,21). The highest BCUT2D eigenvalue weighted by Gasteiger charge is 2.14. The molecule has 0 aliphatic rings. The average molecular weight is 280 g/mol. The number of rotatable bonds is 2. The number of benzene rings is 1. The fourth-order valence-corrected chi connectivity index (χ4v) is 1.98. The number of carbonyl (C=O) groups is 1. The summed E-state index contributed by atoms with van der Waals surface area (Å²) in [4.78, 5) is 16.3. The summed E-state index contributed by atoms with van der Waals surface area (Å²) in [6, 6.07) is 11.0. The third kappa shape index (κ3) is 2.32. The van der Waals surface area contributed by atoms with Gasteiger partial charge in [-0.05, 0) is 30.3 Å². The number of hydrogen-bond donors (Lipinski definition) is 1. The second kappa shape index (κ2) is 5.06. The Morgan fingerprint density at radius 3 is 3.00 bits per heavy atom. The number of carbonyl (C=O) groups excluding carboxylic acids is 1. The van der Waals surface area contributed by atoms with Crippen molar-refractivity contribution in [2.24, 2.45) is 0 Å². The predicted octanol–water partition coefficient (Wildman–Crippen LogP) is 2.60. The predicted molar refractivity (Wildman–Crippen MR) is 74.3 cm³/mol. The fraction of sp³-hybridized carbons (Fsp3) is 0. The van der Waals surface area contributed by atoms with Gasteiger partial charge in [-0.3, -0.25) is 9.20 Å². The van der Waals surface area contributed by atoms with E-state index in [9.17, 15) is 9.18 Å². The monoisotopic (exact) mass is 280 g/mol. The van der Waals surface area contributed by atoms with Gasteiger partial charge in [0, 0.05) is 6.20 Å². The molecule has 0 saturated heterocycles. The Bertz CT molecular complexity index is 879. The molecule has 0 bridgehead atoms. The Morgan fingerprint density at radius 2 is 2.19 bits per heavy atom. The second-order valence-corrected chi connectivity index (χ2v) is 4.33. The molecule has 1 aromatic carbocycles. The van der Waals surface area contributed by atoms with Crippen molar-refractivity contribution in [1.29, 1.82) is 5.26 Å². The Morgan fingerprint density at radius 1 is 1.33 bits per heavy atom. The largest absolute Gasteiger partial charge is 0.318 e. The SMILES string of the molecule is N#Cc1ccc(F)c(NC(=O)c2cnc3ccccn23)c1. The van der Waals surface area contributed by atoms with E-state index < -0.39 is 11.7 Å². The lowest BCUT2D eigenvalue weighted by atomic mass is 10.2. The molecule has 0 atom stereocenters. The van der Waals surface area contributed by atoms with Gasteiger partial charge in [-0.15, -0.1) is 0 Å². The number of aromatic nitrogens is 2. The van der Waals surface area contributed by atoms with Gasteiger partial charge in [0.2, 0.25) is 0 Å². The van der Waals surface area contributed by atoms with Crippen LogP contribution < -0.4 is 5.32 Å². The summed E-state index contributed by atoms with van der Waals surface area (Å²) in [5.74, 6) is -1.10. The first-order valence-electron chi connectivity index (χ1n) is 6.12. The van der Waals surface area contributed by atoms with E-state index in [2.05, 4.69) is 10.3 Å². The highest BCUT2D eigenvalue weighted by molar-refractivity contribution is 6.03. The summed E-state index contributed by atoms with van der Waals surface area (Å²) in [7, 11) is 0. The third-order valence-electron chi connectivity index (χ3n) is 2.99. The molecule has 1 N–H and O–H groups in total. The molecule has 1 amide bonds. The molecule has 21 heavy (non-hydrogen) atoms. The highest BCUT2D eigenvalue weighted by Crippen LogP contribution is 2.17. The van der Waals surface area contributed by atoms with Gasteiger partial charge < -0.3 is 5.32 Å². The fourth-order valence-electron chi connectivity index (χ4n) is 1.98. The van der Waals surface area contributed by atoms with Crippen LogP contribution in [0.5, 0.6) is 0 Å². The minimum atomic E-state index is -0.601. The number of amides is 1. The summed E-state index contributed by atoms with van der Waals surface area (Å²) in [5, 5.41) is 11.3. The number of fused-ring (bicyclic) bond motifs is 1. The highest BCUT2D eigenvalue weighted by atomic mass is 19.1. The van der Waals surface area contributed by atoms with Gasteiger partial charge in [-0.25, -0.2) is 9.37 Å². The number of hydrogen-bond acceptors (Lipinski definition) is 3. The van der Waals surface area contributed by atoms with Crippen LogP contribution in [0.15, 0.2) is 48.8 Å². The van der Waals surface area contributed by atoms with Gasteiger partial charge in [0.25, 0.3) is 5.91 Å². The second-order valence-electron chi connectivity index (χ2n) is 4.33. The maximum Gasteiger partial charge on any atom is 0.274 e. The third-order valence-corrected chi connectivity index (χ3v) is 2.99. The van der Waals surface area contributed by atoms with Crippen LogP contribution >= 0.6 is 0 Å². The van der Waals surface area contributed by atoms with E-state index in [1.165, 1.54) is 18.3 Å². The van der Waals surface area contributed by atoms with E-state index in [4.69, 9.17) is 5.26 Å². The number of anilines is 1. The van der Waals surface area contributed by atoms with E-state index in [1.54, 1.807) is 28.8 Å². The van der Waals surface area contributed by atoms with Crippen molar-refractivity contribution < 1.29 is 9.18 Å². The molecule has 0 aliphatic heterocycles. The molecule has 6 heteroatoms. The van der Waals surface area contributed by atoms with Gasteiger partial charge in [0.1, 0.15) is 17.2 Å². The van der Waals surface area contributed by atoms with Crippen molar-refractivity contribution >= 4 is 17.2 Å². The molecule has 0 unspecified atom stereocenters. The van der Waals surface area contributed by atoms with Gasteiger partial charge in [-0.1, -0.05) is 6.07 Å². The minimum Gasteiger partial charge on any atom is -0.318 e. The maximum absolute atomic E-state index is 13.7. The van der Waals surface area contributed by atoms with E-state index >= 15 is 0 Å². The zero-order chi connectivity index (χ0) is 14.8. The zero-order valence-electron chi connectivity index (χ0n) is 10.7. The van der Waals surface area contributed by atoms with E-state index in [0.29, 0.717) is 5.65 Å². The van der Waals surface area contributed by atoms with E-state index in [1.807, 2.05) is 6.07 Å². The van der Waals surface area contributed by atoms with Gasteiger partial charge in [-0.2, -0.15) is 5.26 Å². The first kappa shape index (κ1) is 12.8. The number of imidazole rings is 1. The lowest BCUT2D eigenvalue weighted by molar-refractivity contribution is 0.102. The summed E-state index contributed by atoms with van der Waals surface area (Å²) in [6.07, 6.45) is 3.11. The van der Waals surface area contributed by atoms with Crippen LogP contribution in [0.1, 0.15) is 16.1 Å². The number of halogens is 1. The topological polar surface area (TPSA) is 70.2 Å². The summed E-state index contributed by atoms with van der Waals surface area (Å²) >= 11 is 0. The molecule has 2 heterocycles. The van der Waals surface area contributed by atoms with E-state index in [0.717, 1.165) is 6.07 Å². The molecule has 0 fully saturated rings. The molecule has 0 spiro atoms. The van der Waals surface area contributed by atoms with Crippen molar-refractivity contribution in [1.82, 2.24) is 9.38 Å². The van der Waals surface area contributed by atoms with Gasteiger partial charge in [0.05, 0.1) is 23.5 Å². The molecule has 3 aromatic rings. The van der Waals surface area contributed by atoms with Crippen molar-refractivity contribution in [2.75, 3.05) is 5.32 Å². The van der Waals surface area contributed by atoms with Crippen molar-refractivity contribution in [3.63, 3.8) is 0 Å². The lowest BCUT2D eigenvalue weighted by Gasteiger charge is -2.06. The Labute approximate surface area is 119 Å². The van der Waals surface area contributed by atoms with Crippen molar-refractivity contribution in [3.05, 3.63) is 65.9 Å². The molecule has 0 saturated carbocycles. The Kier molecular flexibility index (Phi) is 3.09. The molecule has 0 radical (unpaired) electrons. The smallest absolute Gasteiger partial charge is 0.274 e. The first-order valence-corrected chi connectivity index (χ1v) is 6.12. The molecule has 5 nitrogen and oxygen atoms in total. The molecule has 2 aromatic heterocycles. The zero-order valence-corrected chi connectivity index (χ0v) is 10.7. The van der Waals surface area contributed by atoms with Crippen molar-refractivity contribution in [3.8, 4) is 6.07 Å². The summed E-state index contributed by atoms with van der Waals surface area (Å²) in [6.45, 7) is 0. The summed E-state index contributed by atoms with van der Waals surface area (Å²) < 4.78 is 15.3. The minimum absolute atomic E-state index is 0.0371. The Hall–Kier alpha value is -3.20. The Balaban J connectivity index is 1.95. The van der Waals surface area contributed by atoms with Crippen LogP contribution in [0, 0.1) is 17.1 Å². The normalized spacial score (nSPS) is 10.3. The van der Waals surface area contributed by atoms with Crippen LogP contribution in [-0.4, -0.2) is 15.3 Å². The molecular weight excluding hydrogens is 271 g/mol. The number of nitriles is 1. The number of nitrogens with one attached hydrogen (secondary N) is 1. The van der Waals surface area contributed by atoms with Gasteiger partial charge in [0.15, 0.2) is 0 Å². The van der Waals surface area contributed by atoms with Crippen LogP contribution in [0.4, 0.5) is 10.1 Å². The van der Waals surface area contributed by atoms with Crippen LogP contribution in [0.2, 0.25) is 0 Å². The van der Waals surface area contributed by atoms with Crippen LogP contribution in [0.25, 0.3) is 5.65 Å². The van der Waals surface area contributed by atoms with Crippen LogP contribution in [-0.2, 0) is 0 Å². The summed E-state index contributed by atoms with van der Waals surface area (Å²) in [5.41, 5.74) is 1.14. The quantitative estimate of drug-likeness (QED) is 0.784. The van der Waals surface area contributed by atoms with Gasteiger partial charge >= 0.3 is 0 Å². The van der Waals surface area contributed by atoms with Crippen LogP contribution in [0.3, 0.4) is 0 Å². The van der Waals surface area contributed by atoms with E-state index in [-0.39, 0.29) is 16.9 Å². The molecule has 0 aliphatic carbocycles. The van der Waals surface area contributed by atoms with Crippen molar-refractivity contribution in [2.45, 2.75) is 0 Å². The molecular formula is C15H9FN4O. The lowest BCUT2D eigenvalue weighted by Crippen LogP contribution is -2.15. The number of pyridine rings is 1.